The maximum atomic E-state index is 12.2. The van der Waals surface area contributed by atoms with Crippen LogP contribution in [0.15, 0.2) is 18.3 Å². The molecule has 0 bridgehead atoms. The number of halogens is 1. The van der Waals surface area contributed by atoms with Crippen LogP contribution in [0.25, 0.3) is 0 Å². The zero-order valence-electron chi connectivity index (χ0n) is 11.4. The second-order valence-corrected chi connectivity index (χ2v) is 5.42. The zero-order valence-corrected chi connectivity index (χ0v) is 12.2. The molecule has 2 rings (SSSR count). The molecule has 1 saturated heterocycles. The van der Waals surface area contributed by atoms with Gasteiger partial charge in [-0.1, -0.05) is 11.6 Å². The number of pyridine rings is 1. The molecule has 0 saturated carbocycles. The molecule has 0 aliphatic carbocycles. The Morgan fingerprint density at radius 3 is 2.81 bits per heavy atom. The number of aliphatic hydroxyl groups excluding tert-OH is 1. The van der Waals surface area contributed by atoms with Crippen LogP contribution in [-0.2, 0) is 9.59 Å². The molecule has 0 radical (unpaired) electrons. The number of nitrogens with zero attached hydrogens (tertiary/aromatic N) is 3. The molecule has 7 nitrogen and oxygen atoms in total. The van der Waals surface area contributed by atoms with Crippen LogP contribution in [0, 0.1) is 0 Å². The van der Waals surface area contributed by atoms with Gasteiger partial charge in [-0.25, -0.2) is 9.78 Å². The summed E-state index contributed by atoms with van der Waals surface area (Å²) in [5.41, 5.74) is 0. The van der Waals surface area contributed by atoms with Gasteiger partial charge in [-0.3, -0.25) is 4.79 Å². The summed E-state index contributed by atoms with van der Waals surface area (Å²) in [7, 11) is 1.68. The first-order chi connectivity index (χ1) is 9.88. The highest BCUT2D eigenvalue weighted by atomic mass is 35.5. The molecule has 21 heavy (non-hydrogen) atoms. The Bertz CT molecular complexity index is 537. The van der Waals surface area contributed by atoms with Crippen LogP contribution in [0.2, 0.25) is 5.02 Å². The molecule has 1 aromatic rings. The lowest BCUT2D eigenvalue weighted by Gasteiger charge is -2.25. The highest BCUT2D eigenvalue weighted by molar-refractivity contribution is 6.30. The van der Waals surface area contributed by atoms with Crippen LogP contribution >= 0.6 is 11.6 Å². The number of carboxylic acids is 1. The smallest absolute Gasteiger partial charge is 0.326 e. The molecule has 2 heterocycles. The van der Waals surface area contributed by atoms with Gasteiger partial charge in [-0.15, -0.1) is 0 Å². The number of carboxylic acid groups (broad SMARTS) is 1. The first-order valence-electron chi connectivity index (χ1n) is 6.41. The van der Waals surface area contributed by atoms with Crippen LogP contribution in [-0.4, -0.2) is 64.3 Å². The molecule has 2 N–H and O–H groups in total. The van der Waals surface area contributed by atoms with Crippen LogP contribution in [0.4, 0.5) is 5.82 Å². The predicted octanol–water partition coefficient (Wildman–Crippen LogP) is 0.218. The molecule has 0 spiro atoms. The molecule has 1 aromatic heterocycles. The van der Waals surface area contributed by atoms with Crippen molar-refractivity contribution in [2.75, 3.05) is 25.0 Å². The highest BCUT2D eigenvalue weighted by Gasteiger charge is 2.38. The molecule has 1 fully saturated rings. The summed E-state index contributed by atoms with van der Waals surface area (Å²) in [6.45, 7) is 0.0167. The van der Waals surface area contributed by atoms with Gasteiger partial charge in [-0.2, -0.15) is 0 Å². The lowest BCUT2D eigenvalue weighted by Crippen LogP contribution is -2.45. The van der Waals surface area contributed by atoms with E-state index in [4.69, 9.17) is 16.7 Å². The molecule has 114 valence electrons. The average molecular weight is 314 g/mol. The number of amides is 1. The number of carbonyl (C=O) groups excluding carboxylic acids is 1. The number of aliphatic carboxylic acids is 1. The first-order valence-corrected chi connectivity index (χ1v) is 6.79. The van der Waals surface area contributed by atoms with Crippen molar-refractivity contribution in [1.82, 2.24) is 9.88 Å². The van der Waals surface area contributed by atoms with E-state index in [1.807, 2.05) is 0 Å². The van der Waals surface area contributed by atoms with Crippen LogP contribution in [0.5, 0.6) is 0 Å². The fraction of sp³-hybridized carbons (Fsp3) is 0.462. The largest absolute Gasteiger partial charge is 0.480 e. The van der Waals surface area contributed by atoms with Crippen LogP contribution < -0.4 is 4.90 Å². The van der Waals surface area contributed by atoms with E-state index in [1.54, 1.807) is 24.1 Å². The minimum Gasteiger partial charge on any atom is -0.480 e. The van der Waals surface area contributed by atoms with Crippen molar-refractivity contribution in [2.45, 2.75) is 18.6 Å². The Morgan fingerprint density at radius 2 is 2.24 bits per heavy atom. The first kappa shape index (κ1) is 15.5. The number of β-amino-alcohol motifs (C(OH)–C–C–N with tert-alkyl or cyclic N) is 1. The van der Waals surface area contributed by atoms with Crippen molar-refractivity contribution < 1.29 is 19.8 Å². The maximum Gasteiger partial charge on any atom is 0.326 e. The molecule has 1 aliphatic rings. The van der Waals surface area contributed by atoms with E-state index in [2.05, 4.69) is 4.98 Å². The molecule has 2 atom stereocenters. The molecule has 1 aliphatic heterocycles. The van der Waals surface area contributed by atoms with Gasteiger partial charge in [0, 0.05) is 26.2 Å². The van der Waals surface area contributed by atoms with Crippen molar-refractivity contribution in [1.29, 1.82) is 0 Å². The lowest BCUT2D eigenvalue weighted by atomic mass is 10.2. The van der Waals surface area contributed by atoms with Gasteiger partial charge in [0.15, 0.2) is 0 Å². The number of anilines is 1. The average Bonchev–Trinajstić information content (AvgIpc) is 2.82. The van der Waals surface area contributed by atoms with Gasteiger partial charge >= 0.3 is 5.97 Å². The van der Waals surface area contributed by atoms with Crippen LogP contribution in [0.3, 0.4) is 0 Å². The summed E-state index contributed by atoms with van der Waals surface area (Å²) in [5.74, 6) is -0.912. The standard InChI is InChI=1S/C13H16ClN3O4/c1-16(11-3-2-8(14)5-15-11)7-12(19)17-6-9(18)4-10(17)13(20)21/h2-3,5,9-10,18H,4,6-7H2,1H3,(H,20,21)/t9-,10-/m1/s1. The highest BCUT2D eigenvalue weighted by Crippen LogP contribution is 2.19. The van der Waals surface area contributed by atoms with Crippen molar-refractivity contribution >= 4 is 29.3 Å². The van der Waals surface area contributed by atoms with E-state index in [1.165, 1.54) is 11.1 Å². The number of rotatable bonds is 4. The Hall–Kier alpha value is -1.86. The van der Waals surface area contributed by atoms with Gasteiger partial charge in [0.1, 0.15) is 11.9 Å². The third-order valence-corrected chi connectivity index (χ3v) is 3.58. The summed E-state index contributed by atoms with van der Waals surface area (Å²) in [6.07, 6.45) is 0.732. The van der Waals surface area contributed by atoms with E-state index >= 15 is 0 Å². The third kappa shape index (κ3) is 3.62. The van der Waals surface area contributed by atoms with E-state index in [-0.39, 0.29) is 25.4 Å². The second-order valence-electron chi connectivity index (χ2n) is 4.98. The van der Waals surface area contributed by atoms with Crippen molar-refractivity contribution in [2.24, 2.45) is 0 Å². The fourth-order valence-electron chi connectivity index (χ4n) is 2.29. The summed E-state index contributed by atoms with van der Waals surface area (Å²) < 4.78 is 0. The van der Waals surface area contributed by atoms with Gasteiger partial charge in [0.05, 0.1) is 17.7 Å². The molecular formula is C13H16ClN3O4. The van der Waals surface area contributed by atoms with Gasteiger partial charge in [0.25, 0.3) is 0 Å². The minimum absolute atomic E-state index is 0.0227. The van der Waals surface area contributed by atoms with Crippen molar-refractivity contribution in [3.05, 3.63) is 23.4 Å². The van der Waals surface area contributed by atoms with Gasteiger partial charge in [0.2, 0.25) is 5.91 Å². The number of hydrogen-bond acceptors (Lipinski definition) is 5. The number of hydrogen-bond donors (Lipinski definition) is 2. The molecule has 1 amide bonds. The summed E-state index contributed by atoms with van der Waals surface area (Å²) >= 11 is 5.75. The maximum absolute atomic E-state index is 12.2. The lowest BCUT2D eigenvalue weighted by molar-refractivity contribution is -0.147. The Labute approximate surface area is 126 Å². The van der Waals surface area contributed by atoms with Gasteiger partial charge < -0.3 is 20.0 Å². The number of likely N-dealkylation sites (tertiary alicyclic amines) is 1. The fourth-order valence-corrected chi connectivity index (χ4v) is 2.40. The predicted molar refractivity (Wildman–Crippen MR) is 76.3 cm³/mol. The molecule has 0 aromatic carbocycles. The number of likely N-dealkylation sites (N-methyl/N-ethyl adjacent to an activating group) is 1. The summed E-state index contributed by atoms with van der Waals surface area (Å²) in [4.78, 5) is 30.2. The van der Waals surface area contributed by atoms with E-state index in [9.17, 15) is 14.7 Å². The zero-order chi connectivity index (χ0) is 15.6. The molecular weight excluding hydrogens is 298 g/mol. The Balaban J connectivity index is 2.03. The SMILES string of the molecule is CN(CC(=O)N1C[C@H](O)C[C@@H]1C(=O)O)c1ccc(Cl)cn1. The minimum atomic E-state index is -1.10. The third-order valence-electron chi connectivity index (χ3n) is 3.36. The van der Waals surface area contributed by atoms with E-state index in [0.29, 0.717) is 10.8 Å². The van der Waals surface area contributed by atoms with Crippen molar-refractivity contribution in [3.63, 3.8) is 0 Å². The van der Waals surface area contributed by atoms with E-state index < -0.39 is 18.1 Å². The Kier molecular flexibility index (Phi) is 4.64. The van der Waals surface area contributed by atoms with Crippen molar-refractivity contribution in [3.8, 4) is 0 Å². The van der Waals surface area contributed by atoms with E-state index in [0.717, 1.165) is 0 Å². The monoisotopic (exact) mass is 313 g/mol. The summed E-state index contributed by atoms with van der Waals surface area (Å²) in [5, 5.41) is 19.1. The summed E-state index contributed by atoms with van der Waals surface area (Å²) in [6, 6.07) is 2.35. The van der Waals surface area contributed by atoms with Crippen LogP contribution in [0.1, 0.15) is 6.42 Å². The number of aliphatic hydroxyl groups is 1. The van der Waals surface area contributed by atoms with Gasteiger partial charge in [-0.05, 0) is 12.1 Å². The topological polar surface area (TPSA) is 94.0 Å². The molecule has 8 heteroatoms. The molecule has 0 unspecified atom stereocenters. The Morgan fingerprint density at radius 1 is 1.52 bits per heavy atom. The number of aromatic nitrogens is 1. The number of carbonyl (C=O) groups is 2. The normalized spacial score (nSPS) is 21.4. The second kappa shape index (κ2) is 6.28. The quantitative estimate of drug-likeness (QED) is 0.826.